The molecule has 2 N–H and O–H groups in total. The van der Waals surface area contributed by atoms with Crippen molar-refractivity contribution < 1.29 is 22.7 Å². The summed E-state index contributed by atoms with van der Waals surface area (Å²) < 4.78 is 41.2. The molecule has 0 saturated carbocycles. The molecule has 2 rings (SSSR count). The van der Waals surface area contributed by atoms with Crippen LogP contribution < -0.4 is 15.4 Å². The second kappa shape index (κ2) is 11.8. The molecule has 1 aromatic heterocycles. The van der Waals surface area contributed by atoms with Gasteiger partial charge < -0.3 is 20.3 Å². The monoisotopic (exact) mass is 437 g/mol. The summed E-state index contributed by atoms with van der Waals surface area (Å²) in [6.45, 7) is -0.330. The molecule has 0 radical (unpaired) electrons. The fourth-order valence-corrected chi connectivity index (χ4v) is 2.52. The zero-order chi connectivity index (χ0) is 22.7. The normalized spacial score (nSPS) is 11.7. The molecule has 1 heterocycles. The first kappa shape index (κ1) is 24.0. The van der Waals surface area contributed by atoms with E-state index in [4.69, 9.17) is 0 Å². The molecule has 168 valence electrons. The Morgan fingerprint density at radius 3 is 2.52 bits per heavy atom. The predicted octanol–water partition coefficient (Wildman–Crippen LogP) is 2.39. The van der Waals surface area contributed by atoms with Crippen molar-refractivity contribution in [2.75, 3.05) is 33.8 Å². The number of hydrogen-bond donors (Lipinski definition) is 2. The number of carbonyl (C=O) groups excluding carboxylic acids is 1. The number of aliphatic imine (C=N–C) groups is 1. The summed E-state index contributed by atoms with van der Waals surface area (Å²) in [7, 11) is 3.31. The maximum absolute atomic E-state index is 12.3. The van der Waals surface area contributed by atoms with Gasteiger partial charge in [0.15, 0.2) is 12.6 Å². The lowest BCUT2D eigenvalue weighted by molar-refractivity contribution is -0.153. The van der Waals surface area contributed by atoms with E-state index in [1.54, 1.807) is 37.3 Å². The summed E-state index contributed by atoms with van der Waals surface area (Å²) in [5.74, 6) is 0.483. The maximum Gasteiger partial charge on any atom is 0.422 e. The average molecular weight is 437 g/mol. The topological polar surface area (TPSA) is 78.9 Å². The Hall–Kier alpha value is -3.30. The first-order chi connectivity index (χ1) is 14.8. The van der Waals surface area contributed by atoms with E-state index in [1.807, 2.05) is 18.2 Å². The van der Waals surface area contributed by atoms with Crippen molar-refractivity contribution in [3.8, 4) is 5.75 Å². The van der Waals surface area contributed by atoms with Gasteiger partial charge in [0.25, 0.3) is 0 Å². The van der Waals surface area contributed by atoms with Crippen LogP contribution in [0.3, 0.4) is 0 Å². The van der Waals surface area contributed by atoms with Crippen molar-refractivity contribution in [2.45, 2.75) is 19.1 Å². The van der Waals surface area contributed by atoms with Crippen molar-refractivity contribution in [1.82, 2.24) is 20.5 Å². The highest BCUT2D eigenvalue weighted by atomic mass is 19.4. The van der Waals surface area contributed by atoms with E-state index >= 15 is 0 Å². The number of hydrogen-bond acceptors (Lipinski definition) is 4. The molecule has 0 aliphatic rings. The smallest absolute Gasteiger partial charge is 0.422 e. The average Bonchev–Trinajstić information content (AvgIpc) is 2.77. The number of alkyl halides is 3. The number of pyridine rings is 1. The molecule has 0 bridgehead atoms. The molecule has 0 saturated heterocycles. The van der Waals surface area contributed by atoms with Gasteiger partial charge in [-0.3, -0.25) is 14.8 Å². The Balaban J connectivity index is 1.72. The molecular weight excluding hydrogens is 411 g/mol. The summed E-state index contributed by atoms with van der Waals surface area (Å²) in [5, 5.41) is 6.00. The van der Waals surface area contributed by atoms with Gasteiger partial charge in [-0.2, -0.15) is 13.2 Å². The molecule has 0 aliphatic carbocycles. The van der Waals surface area contributed by atoms with Crippen LogP contribution in [-0.4, -0.2) is 61.7 Å². The predicted molar refractivity (Wildman–Crippen MR) is 112 cm³/mol. The first-order valence-corrected chi connectivity index (χ1v) is 9.63. The molecular formula is C21H26F3N5O2. The molecule has 1 amide bonds. The molecule has 7 nitrogen and oxygen atoms in total. The number of likely N-dealkylation sites (N-methyl/N-ethyl adjacent to an activating group) is 1. The third-order valence-corrected chi connectivity index (χ3v) is 4.27. The highest BCUT2D eigenvalue weighted by Gasteiger charge is 2.28. The van der Waals surface area contributed by atoms with Crippen LogP contribution in [0.15, 0.2) is 53.7 Å². The van der Waals surface area contributed by atoms with Crippen LogP contribution in [0, 0.1) is 0 Å². The van der Waals surface area contributed by atoms with Crippen LogP contribution in [0.25, 0.3) is 0 Å². The van der Waals surface area contributed by atoms with Crippen molar-refractivity contribution in [3.05, 3.63) is 59.9 Å². The number of rotatable bonds is 9. The van der Waals surface area contributed by atoms with Gasteiger partial charge in [-0.15, -0.1) is 0 Å². The minimum atomic E-state index is -4.37. The summed E-state index contributed by atoms with van der Waals surface area (Å²) in [4.78, 5) is 22.2. The number of aromatic nitrogens is 1. The Bertz CT molecular complexity index is 842. The Morgan fingerprint density at radius 1 is 1.16 bits per heavy atom. The molecule has 0 unspecified atom stereocenters. The zero-order valence-corrected chi connectivity index (χ0v) is 17.4. The van der Waals surface area contributed by atoms with Gasteiger partial charge in [0.2, 0.25) is 5.91 Å². The van der Waals surface area contributed by atoms with E-state index in [0.717, 1.165) is 11.3 Å². The third kappa shape index (κ3) is 9.37. The molecule has 1 aromatic carbocycles. The number of carbonyl (C=O) groups is 1. The lowest BCUT2D eigenvalue weighted by atomic mass is 10.2. The van der Waals surface area contributed by atoms with E-state index in [1.165, 1.54) is 12.1 Å². The van der Waals surface area contributed by atoms with Gasteiger partial charge in [0.1, 0.15) is 5.75 Å². The minimum Gasteiger partial charge on any atom is -0.484 e. The second-order valence-corrected chi connectivity index (χ2v) is 6.71. The molecule has 0 atom stereocenters. The number of ether oxygens (including phenoxy) is 1. The number of nitrogens with one attached hydrogen (secondary N) is 2. The van der Waals surface area contributed by atoms with E-state index in [9.17, 15) is 18.0 Å². The van der Waals surface area contributed by atoms with Crippen LogP contribution in [0.2, 0.25) is 0 Å². The van der Waals surface area contributed by atoms with Crippen LogP contribution in [0.5, 0.6) is 5.75 Å². The van der Waals surface area contributed by atoms with Crippen molar-refractivity contribution in [2.24, 2.45) is 4.99 Å². The highest BCUT2D eigenvalue weighted by Crippen LogP contribution is 2.18. The van der Waals surface area contributed by atoms with Gasteiger partial charge in [-0.25, -0.2) is 0 Å². The summed E-state index contributed by atoms with van der Waals surface area (Å²) in [6.07, 6.45) is -1.99. The largest absolute Gasteiger partial charge is 0.484 e. The van der Waals surface area contributed by atoms with E-state index < -0.39 is 12.8 Å². The standard InChI is InChI=1S/C21H26F3N5O2/c1-25-20(27-13-16-6-8-18(9-7-16)31-15-21(22,23)24)28-14-19(30)29(2)12-10-17-5-3-4-11-26-17/h3-9,11H,10,12-15H2,1-2H3,(H2,25,27,28). The Morgan fingerprint density at radius 2 is 1.90 bits per heavy atom. The molecule has 31 heavy (non-hydrogen) atoms. The quantitative estimate of drug-likeness (QED) is 0.465. The van der Waals surface area contributed by atoms with Crippen LogP contribution >= 0.6 is 0 Å². The Labute approximate surface area is 179 Å². The highest BCUT2D eigenvalue weighted by molar-refractivity contribution is 5.86. The van der Waals surface area contributed by atoms with Gasteiger partial charge in [0, 0.05) is 45.5 Å². The lowest BCUT2D eigenvalue weighted by Crippen LogP contribution is -2.43. The molecule has 0 spiro atoms. The molecule has 0 fully saturated rings. The van der Waals surface area contributed by atoms with Crippen molar-refractivity contribution in [3.63, 3.8) is 0 Å². The molecule has 0 aliphatic heterocycles. The molecule has 2 aromatic rings. The number of amides is 1. The number of benzene rings is 1. The number of nitrogens with zero attached hydrogens (tertiary/aromatic N) is 3. The fourth-order valence-electron chi connectivity index (χ4n) is 2.52. The number of halogens is 3. The van der Waals surface area contributed by atoms with E-state index in [0.29, 0.717) is 25.5 Å². The lowest BCUT2D eigenvalue weighted by Gasteiger charge is -2.18. The van der Waals surface area contributed by atoms with Crippen LogP contribution in [-0.2, 0) is 17.8 Å². The number of guanidine groups is 1. The molecule has 10 heteroatoms. The zero-order valence-electron chi connectivity index (χ0n) is 17.4. The minimum absolute atomic E-state index is 0.0720. The second-order valence-electron chi connectivity index (χ2n) is 6.71. The van der Waals surface area contributed by atoms with Crippen molar-refractivity contribution >= 4 is 11.9 Å². The Kier molecular flexibility index (Phi) is 9.11. The SMILES string of the molecule is CN=C(NCC(=O)N(C)CCc1ccccn1)NCc1ccc(OCC(F)(F)F)cc1. The van der Waals surface area contributed by atoms with E-state index in [2.05, 4.69) is 25.3 Å². The van der Waals surface area contributed by atoms with Crippen LogP contribution in [0.4, 0.5) is 13.2 Å². The van der Waals surface area contributed by atoms with Crippen LogP contribution in [0.1, 0.15) is 11.3 Å². The van der Waals surface area contributed by atoms with Crippen molar-refractivity contribution in [1.29, 1.82) is 0 Å². The van der Waals surface area contributed by atoms with Gasteiger partial charge >= 0.3 is 6.18 Å². The maximum atomic E-state index is 12.3. The first-order valence-electron chi connectivity index (χ1n) is 9.63. The van der Waals surface area contributed by atoms with Gasteiger partial charge in [0.05, 0.1) is 6.54 Å². The summed E-state index contributed by atoms with van der Waals surface area (Å²) >= 11 is 0. The van der Waals surface area contributed by atoms with E-state index in [-0.39, 0.29) is 18.2 Å². The summed E-state index contributed by atoms with van der Waals surface area (Å²) in [6, 6.07) is 11.9. The summed E-state index contributed by atoms with van der Waals surface area (Å²) in [5.41, 5.74) is 1.74. The van der Waals surface area contributed by atoms with Gasteiger partial charge in [-0.05, 0) is 29.8 Å². The van der Waals surface area contributed by atoms with Gasteiger partial charge in [-0.1, -0.05) is 18.2 Å². The third-order valence-electron chi connectivity index (χ3n) is 4.27. The fraction of sp³-hybridized carbons (Fsp3) is 0.381.